The molecule has 3 heterocycles. The zero-order valence-corrected chi connectivity index (χ0v) is 21.3. The van der Waals surface area contributed by atoms with Gasteiger partial charge in [-0.3, -0.25) is 9.20 Å². The van der Waals surface area contributed by atoms with E-state index in [-0.39, 0.29) is 11.7 Å². The topological polar surface area (TPSA) is 58.9 Å². The molecular weight excluding hydrogens is 493 g/mol. The molecule has 0 aliphatic carbocycles. The summed E-state index contributed by atoms with van der Waals surface area (Å²) in [5.74, 6) is -0.0607. The Hall–Kier alpha value is -4.01. The van der Waals surface area contributed by atoms with E-state index in [2.05, 4.69) is 32.1 Å². The summed E-state index contributed by atoms with van der Waals surface area (Å²) in [6, 6.07) is 18.3. The second-order valence-electron chi connectivity index (χ2n) is 9.71. The highest BCUT2D eigenvalue weighted by molar-refractivity contribution is 5.94. The van der Waals surface area contributed by atoms with Crippen molar-refractivity contribution in [1.29, 1.82) is 0 Å². The molecule has 1 N–H and O–H groups in total. The van der Waals surface area contributed by atoms with Crippen molar-refractivity contribution in [2.75, 3.05) is 18.0 Å². The Balaban J connectivity index is 1.14. The molecule has 0 unspecified atom stereocenters. The van der Waals surface area contributed by atoms with Gasteiger partial charge in [-0.1, -0.05) is 24.3 Å². The number of nitrogens with one attached hydrogen (secondary N) is 1. The standard InChI is InChI=1S/C29H29F3N4O2/c1-19-11-16-36-26(17-19)34-20(2)27(36)28(37)33-18-21-3-7-24(8-4-21)35-14-12-23(13-15-35)22-5-9-25(10-6-22)38-29(30,31)32/h3-11,16-17,23H,12-15,18H2,1-2H3,(H,33,37). The van der Waals surface area contributed by atoms with Gasteiger partial charge < -0.3 is 15.0 Å². The van der Waals surface area contributed by atoms with Crippen LogP contribution < -0.4 is 15.0 Å². The first-order valence-corrected chi connectivity index (χ1v) is 12.6. The molecule has 0 bridgehead atoms. The van der Waals surface area contributed by atoms with Gasteiger partial charge in [0.15, 0.2) is 0 Å². The van der Waals surface area contributed by atoms with Crippen LogP contribution in [0, 0.1) is 13.8 Å². The van der Waals surface area contributed by atoms with Gasteiger partial charge >= 0.3 is 6.36 Å². The van der Waals surface area contributed by atoms with E-state index in [0.29, 0.717) is 23.9 Å². The quantitative estimate of drug-likeness (QED) is 0.329. The van der Waals surface area contributed by atoms with E-state index in [1.165, 1.54) is 12.1 Å². The first-order valence-electron chi connectivity index (χ1n) is 12.6. The summed E-state index contributed by atoms with van der Waals surface area (Å²) in [5, 5.41) is 3.00. The number of anilines is 1. The Morgan fingerprint density at radius 2 is 1.71 bits per heavy atom. The van der Waals surface area contributed by atoms with Crippen molar-refractivity contribution in [2.24, 2.45) is 0 Å². The molecule has 0 saturated carbocycles. The summed E-state index contributed by atoms with van der Waals surface area (Å²) in [6.07, 6.45) is -0.985. The fourth-order valence-electron chi connectivity index (χ4n) is 5.04. The molecule has 38 heavy (non-hydrogen) atoms. The van der Waals surface area contributed by atoms with Gasteiger partial charge in [0.05, 0.1) is 5.69 Å². The Kier molecular flexibility index (Phi) is 7.01. The number of hydrogen-bond acceptors (Lipinski definition) is 4. The predicted octanol–water partition coefficient (Wildman–Crippen LogP) is 6.16. The lowest BCUT2D eigenvalue weighted by atomic mass is 9.89. The fraction of sp³-hybridized carbons (Fsp3) is 0.310. The van der Waals surface area contributed by atoms with Crippen LogP contribution in [0.15, 0.2) is 66.9 Å². The summed E-state index contributed by atoms with van der Waals surface area (Å²) >= 11 is 0. The smallest absolute Gasteiger partial charge is 0.406 e. The third kappa shape index (κ3) is 5.77. The van der Waals surface area contributed by atoms with Crippen LogP contribution in [-0.2, 0) is 6.54 Å². The molecule has 4 aromatic rings. The molecule has 198 valence electrons. The Morgan fingerprint density at radius 3 is 2.37 bits per heavy atom. The van der Waals surface area contributed by atoms with E-state index >= 15 is 0 Å². The lowest BCUT2D eigenvalue weighted by Crippen LogP contribution is -2.32. The van der Waals surface area contributed by atoms with Crippen molar-refractivity contribution in [3.63, 3.8) is 0 Å². The number of amides is 1. The van der Waals surface area contributed by atoms with Gasteiger partial charge in [0, 0.05) is 31.5 Å². The van der Waals surface area contributed by atoms with Crippen molar-refractivity contribution >= 4 is 17.2 Å². The minimum Gasteiger partial charge on any atom is -0.406 e. The Morgan fingerprint density at radius 1 is 1.03 bits per heavy atom. The lowest BCUT2D eigenvalue weighted by Gasteiger charge is -2.34. The fourth-order valence-corrected chi connectivity index (χ4v) is 5.04. The number of benzene rings is 2. The number of nitrogens with zero attached hydrogens (tertiary/aromatic N) is 3. The zero-order valence-electron chi connectivity index (χ0n) is 21.3. The number of carbonyl (C=O) groups is 1. The van der Waals surface area contributed by atoms with Crippen LogP contribution in [0.25, 0.3) is 5.65 Å². The van der Waals surface area contributed by atoms with Crippen LogP contribution >= 0.6 is 0 Å². The third-order valence-electron chi connectivity index (χ3n) is 7.01. The highest BCUT2D eigenvalue weighted by atomic mass is 19.4. The Labute approximate surface area is 219 Å². The number of rotatable bonds is 6. The number of aryl methyl sites for hydroxylation is 2. The molecule has 0 radical (unpaired) electrons. The average Bonchev–Trinajstić information content (AvgIpc) is 3.22. The molecule has 0 spiro atoms. The van der Waals surface area contributed by atoms with E-state index in [1.807, 2.05) is 48.7 Å². The van der Waals surface area contributed by atoms with E-state index in [9.17, 15) is 18.0 Å². The molecule has 1 aliphatic rings. The second-order valence-corrected chi connectivity index (χ2v) is 9.71. The first kappa shape index (κ1) is 25.6. The predicted molar refractivity (Wildman–Crippen MR) is 140 cm³/mol. The zero-order chi connectivity index (χ0) is 26.9. The van der Waals surface area contributed by atoms with Crippen LogP contribution in [0.3, 0.4) is 0 Å². The molecule has 1 amide bonds. The number of fused-ring (bicyclic) bond motifs is 1. The molecule has 5 rings (SSSR count). The summed E-state index contributed by atoms with van der Waals surface area (Å²) in [6.45, 7) is 5.96. The SMILES string of the molecule is Cc1ccn2c(C(=O)NCc3ccc(N4CCC(c5ccc(OC(F)(F)F)cc5)CC4)cc3)c(C)nc2c1. The third-order valence-corrected chi connectivity index (χ3v) is 7.01. The van der Waals surface area contributed by atoms with E-state index < -0.39 is 6.36 Å². The molecule has 6 nitrogen and oxygen atoms in total. The maximum atomic E-state index is 12.9. The lowest BCUT2D eigenvalue weighted by molar-refractivity contribution is -0.274. The minimum atomic E-state index is -4.68. The van der Waals surface area contributed by atoms with Crippen LogP contribution in [0.4, 0.5) is 18.9 Å². The average molecular weight is 523 g/mol. The summed E-state index contributed by atoms with van der Waals surface area (Å²) in [4.78, 5) is 19.7. The van der Waals surface area contributed by atoms with Crippen molar-refractivity contribution in [3.8, 4) is 5.75 Å². The van der Waals surface area contributed by atoms with Gasteiger partial charge in [0.1, 0.15) is 17.1 Å². The number of carbonyl (C=O) groups excluding carboxylic acids is 1. The number of hydrogen-bond donors (Lipinski definition) is 1. The summed E-state index contributed by atoms with van der Waals surface area (Å²) in [7, 11) is 0. The number of ether oxygens (including phenoxy) is 1. The van der Waals surface area contributed by atoms with Gasteiger partial charge in [-0.15, -0.1) is 13.2 Å². The van der Waals surface area contributed by atoms with Gasteiger partial charge in [0.2, 0.25) is 0 Å². The number of piperidine rings is 1. The Bertz CT molecular complexity index is 1420. The van der Waals surface area contributed by atoms with E-state index in [1.54, 1.807) is 12.1 Å². The molecule has 0 atom stereocenters. The molecule has 2 aromatic carbocycles. The number of pyridine rings is 1. The van der Waals surface area contributed by atoms with E-state index in [0.717, 1.165) is 54.0 Å². The highest BCUT2D eigenvalue weighted by Gasteiger charge is 2.31. The van der Waals surface area contributed by atoms with Crippen molar-refractivity contribution in [2.45, 2.75) is 45.5 Å². The monoisotopic (exact) mass is 522 g/mol. The summed E-state index contributed by atoms with van der Waals surface area (Å²) < 4.78 is 43.0. The molecule has 2 aromatic heterocycles. The van der Waals surface area contributed by atoms with Crippen molar-refractivity contribution in [3.05, 3.63) is 94.9 Å². The first-order chi connectivity index (χ1) is 18.2. The van der Waals surface area contributed by atoms with Gasteiger partial charge in [-0.25, -0.2) is 4.98 Å². The molecule has 1 aliphatic heterocycles. The maximum Gasteiger partial charge on any atom is 0.573 e. The minimum absolute atomic E-state index is 0.164. The van der Waals surface area contributed by atoms with Gasteiger partial charge in [0.25, 0.3) is 5.91 Å². The van der Waals surface area contributed by atoms with Crippen LogP contribution in [0.2, 0.25) is 0 Å². The van der Waals surface area contributed by atoms with Gasteiger partial charge in [-0.05, 0) is 85.7 Å². The molecule has 1 saturated heterocycles. The largest absolute Gasteiger partial charge is 0.573 e. The number of aromatic nitrogens is 2. The molecule has 1 fully saturated rings. The normalized spacial score (nSPS) is 14.6. The van der Waals surface area contributed by atoms with E-state index in [4.69, 9.17) is 0 Å². The van der Waals surface area contributed by atoms with Crippen molar-refractivity contribution < 1.29 is 22.7 Å². The van der Waals surface area contributed by atoms with Crippen LogP contribution in [-0.4, -0.2) is 34.7 Å². The van der Waals surface area contributed by atoms with Crippen LogP contribution in [0.1, 0.15) is 51.6 Å². The van der Waals surface area contributed by atoms with Crippen molar-refractivity contribution in [1.82, 2.24) is 14.7 Å². The molecular formula is C29H29F3N4O2. The van der Waals surface area contributed by atoms with Gasteiger partial charge in [-0.2, -0.15) is 0 Å². The van der Waals surface area contributed by atoms with Crippen LogP contribution in [0.5, 0.6) is 5.75 Å². The number of imidazole rings is 1. The number of halogens is 3. The highest BCUT2D eigenvalue weighted by Crippen LogP contribution is 2.32. The maximum absolute atomic E-state index is 12.9. The molecule has 9 heteroatoms. The second kappa shape index (κ2) is 10.4. The summed E-state index contributed by atoms with van der Waals surface area (Å²) in [5.41, 5.74) is 6.22. The number of alkyl halides is 3.